The quantitative estimate of drug-likeness (QED) is 0.139. The van der Waals surface area contributed by atoms with Crippen LogP contribution in [-0.2, 0) is 19.0 Å². The smallest absolute Gasteiger partial charge is 0.207 e. The molecule has 0 amide bonds. The summed E-state index contributed by atoms with van der Waals surface area (Å²) in [5.74, 6) is -8.12. The molecule has 4 aromatic carbocycles. The van der Waals surface area contributed by atoms with Crippen LogP contribution in [0.4, 0.5) is 48.3 Å². The van der Waals surface area contributed by atoms with E-state index in [1.165, 1.54) is 24.3 Å². The molecule has 0 heterocycles. The molecule has 0 N–H and O–H groups in total. The van der Waals surface area contributed by atoms with Crippen LogP contribution < -0.4 is 0 Å². The minimum absolute atomic E-state index is 0.108. The molecule has 0 spiro atoms. The van der Waals surface area contributed by atoms with Gasteiger partial charge in [-0.3, -0.25) is 0 Å². The third kappa shape index (κ3) is 6.83. The molecule has 0 nitrogen and oxygen atoms in total. The highest BCUT2D eigenvalue weighted by Gasteiger charge is 2.38. The van der Waals surface area contributed by atoms with Gasteiger partial charge in [0.1, 0.15) is 34.6 Å². The Labute approximate surface area is 232 Å². The van der Waals surface area contributed by atoms with Crippen LogP contribution in [0.1, 0.15) is 35.1 Å². The topological polar surface area (TPSA) is 0 Å². The fourth-order valence-corrected chi connectivity index (χ4v) is 4.50. The number of benzene rings is 4. The first-order valence-electron chi connectivity index (χ1n) is 12.4. The SMILES string of the molecule is FC(F)=C(F)c1ccc(-c2ccc(CCCCc3ccc(-c4cc(F)c(C(F)(F)F)c(F)c4)c(F)c3)c(F)c2)c(F)c1. The molecule has 4 aromatic rings. The van der Waals surface area contributed by atoms with E-state index in [1.54, 1.807) is 0 Å². The van der Waals surface area contributed by atoms with Crippen molar-refractivity contribution in [2.45, 2.75) is 31.9 Å². The summed E-state index contributed by atoms with van der Waals surface area (Å²) in [6, 6.07) is 11.1. The van der Waals surface area contributed by atoms with Crippen molar-refractivity contribution in [3.63, 3.8) is 0 Å². The van der Waals surface area contributed by atoms with E-state index >= 15 is 0 Å². The predicted molar refractivity (Wildman–Crippen MR) is 135 cm³/mol. The second-order valence-electron chi connectivity index (χ2n) is 9.41. The first-order chi connectivity index (χ1) is 19.8. The highest BCUT2D eigenvalue weighted by Crippen LogP contribution is 2.36. The molecule has 0 fully saturated rings. The summed E-state index contributed by atoms with van der Waals surface area (Å²) in [7, 11) is 0. The maximum Gasteiger partial charge on any atom is 0.422 e. The zero-order valence-electron chi connectivity index (χ0n) is 21.3. The average Bonchev–Trinajstić information content (AvgIpc) is 2.90. The minimum atomic E-state index is -5.25. The van der Waals surface area contributed by atoms with E-state index in [2.05, 4.69) is 0 Å². The molecule has 0 aliphatic carbocycles. The number of halogens is 11. The van der Waals surface area contributed by atoms with Gasteiger partial charge in [0.25, 0.3) is 0 Å². The molecule has 0 aliphatic heterocycles. The Morgan fingerprint density at radius 3 is 1.69 bits per heavy atom. The van der Waals surface area contributed by atoms with Gasteiger partial charge in [0.15, 0.2) is 5.83 Å². The van der Waals surface area contributed by atoms with Crippen LogP contribution in [-0.4, -0.2) is 0 Å². The van der Waals surface area contributed by atoms with Crippen molar-refractivity contribution in [3.05, 3.63) is 124 Å². The van der Waals surface area contributed by atoms with Gasteiger partial charge < -0.3 is 0 Å². The Morgan fingerprint density at radius 2 is 1.12 bits per heavy atom. The van der Waals surface area contributed by atoms with Crippen LogP contribution in [0.5, 0.6) is 0 Å². The van der Waals surface area contributed by atoms with E-state index in [4.69, 9.17) is 0 Å². The van der Waals surface area contributed by atoms with Crippen LogP contribution in [0.25, 0.3) is 28.1 Å². The summed E-state index contributed by atoms with van der Waals surface area (Å²) >= 11 is 0. The summed E-state index contributed by atoms with van der Waals surface area (Å²) in [5.41, 5.74) is -2.57. The molecule has 0 radical (unpaired) electrons. The van der Waals surface area contributed by atoms with Crippen molar-refractivity contribution in [2.24, 2.45) is 0 Å². The van der Waals surface area contributed by atoms with Crippen LogP contribution in [0.2, 0.25) is 0 Å². The van der Waals surface area contributed by atoms with Crippen LogP contribution in [0.15, 0.2) is 72.8 Å². The number of alkyl halides is 3. The van der Waals surface area contributed by atoms with Crippen molar-refractivity contribution >= 4 is 5.83 Å². The Balaban J connectivity index is 1.38. The number of unbranched alkanes of at least 4 members (excludes halogenated alkanes) is 1. The van der Waals surface area contributed by atoms with E-state index < -0.39 is 63.9 Å². The van der Waals surface area contributed by atoms with Gasteiger partial charge in [-0.25, -0.2) is 26.3 Å². The molecule has 0 bridgehead atoms. The van der Waals surface area contributed by atoms with Gasteiger partial charge >= 0.3 is 12.3 Å². The van der Waals surface area contributed by atoms with Crippen LogP contribution in [0.3, 0.4) is 0 Å². The number of aryl methyl sites for hydroxylation is 2. The molecule has 11 heteroatoms. The Hall–Kier alpha value is -4.15. The lowest BCUT2D eigenvalue weighted by molar-refractivity contribution is -0.142. The van der Waals surface area contributed by atoms with Crippen molar-refractivity contribution in [1.29, 1.82) is 0 Å². The second kappa shape index (κ2) is 12.4. The molecule has 0 saturated heterocycles. The fraction of sp³-hybridized carbons (Fsp3) is 0.161. The lowest BCUT2D eigenvalue weighted by Gasteiger charge is -2.12. The molecule has 0 aliphatic rings. The maximum atomic E-state index is 14.7. The molecular weight excluding hydrogens is 581 g/mol. The standard InChI is InChI=1S/C31H19F11/c32-23-12-18(21-10-8-19(13-25(21)34)29(37)30(38)39)7-6-17(23)4-2-1-3-16-5-9-22(24(33)11-16)20-14-26(35)28(27(36)15-20)31(40,41)42/h5-15H,1-4H2. The van der Waals surface area contributed by atoms with Crippen LogP contribution >= 0.6 is 0 Å². The van der Waals surface area contributed by atoms with Gasteiger partial charge in [-0.15, -0.1) is 0 Å². The highest BCUT2D eigenvalue weighted by atomic mass is 19.4. The van der Waals surface area contributed by atoms with E-state index in [0.717, 1.165) is 24.3 Å². The molecule has 0 aromatic heterocycles. The van der Waals surface area contributed by atoms with E-state index in [0.29, 0.717) is 48.6 Å². The van der Waals surface area contributed by atoms with Crippen LogP contribution in [0, 0.1) is 29.1 Å². The van der Waals surface area contributed by atoms with E-state index in [-0.39, 0.29) is 23.1 Å². The van der Waals surface area contributed by atoms with Gasteiger partial charge in [0, 0.05) is 16.7 Å². The monoisotopic (exact) mass is 600 g/mol. The third-order valence-corrected chi connectivity index (χ3v) is 6.58. The number of hydrogen-bond acceptors (Lipinski definition) is 0. The lowest BCUT2D eigenvalue weighted by atomic mass is 9.97. The summed E-state index contributed by atoms with van der Waals surface area (Å²) < 4.78 is 148. The summed E-state index contributed by atoms with van der Waals surface area (Å²) in [6.07, 6.45) is -6.29. The highest BCUT2D eigenvalue weighted by molar-refractivity contribution is 5.69. The summed E-state index contributed by atoms with van der Waals surface area (Å²) in [4.78, 5) is 0. The fourth-order valence-electron chi connectivity index (χ4n) is 4.50. The predicted octanol–water partition coefficient (Wildman–Crippen LogP) is 10.8. The van der Waals surface area contributed by atoms with Gasteiger partial charge in [0.2, 0.25) is 0 Å². The lowest BCUT2D eigenvalue weighted by Crippen LogP contribution is -2.11. The summed E-state index contributed by atoms with van der Waals surface area (Å²) in [6.45, 7) is 0. The van der Waals surface area contributed by atoms with Gasteiger partial charge in [-0.2, -0.15) is 22.0 Å². The van der Waals surface area contributed by atoms with Crippen molar-refractivity contribution in [1.82, 2.24) is 0 Å². The average molecular weight is 600 g/mol. The number of rotatable bonds is 8. The van der Waals surface area contributed by atoms with Crippen molar-refractivity contribution in [2.75, 3.05) is 0 Å². The first-order valence-corrected chi connectivity index (χ1v) is 12.4. The molecule has 42 heavy (non-hydrogen) atoms. The van der Waals surface area contributed by atoms with E-state index in [9.17, 15) is 48.3 Å². The second-order valence-corrected chi connectivity index (χ2v) is 9.41. The normalized spacial score (nSPS) is 11.6. The van der Waals surface area contributed by atoms with Gasteiger partial charge in [-0.1, -0.05) is 36.4 Å². The summed E-state index contributed by atoms with van der Waals surface area (Å²) in [5, 5.41) is 0. The maximum absolute atomic E-state index is 14.7. The zero-order valence-corrected chi connectivity index (χ0v) is 21.3. The molecule has 0 unspecified atom stereocenters. The van der Waals surface area contributed by atoms with E-state index in [1.807, 2.05) is 0 Å². The first kappa shape index (κ1) is 30.8. The molecule has 4 rings (SSSR count). The largest absolute Gasteiger partial charge is 0.422 e. The molecule has 0 saturated carbocycles. The third-order valence-electron chi connectivity index (χ3n) is 6.58. The van der Waals surface area contributed by atoms with Crippen molar-refractivity contribution < 1.29 is 48.3 Å². The zero-order chi connectivity index (χ0) is 30.8. The molecule has 0 atom stereocenters. The Morgan fingerprint density at radius 1 is 0.548 bits per heavy atom. The van der Waals surface area contributed by atoms with Crippen molar-refractivity contribution in [3.8, 4) is 22.3 Å². The van der Waals surface area contributed by atoms with Gasteiger partial charge in [0.05, 0.1) is 0 Å². The number of hydrogen-bond donors (Lipinski definition) is 0. The van der Waals surface area contributed by atoms with Gasteiger partial charge in [-0.05, 0) is 78.3 Å². The molecule has 220 valence electrons. The minimum Gasteiger partial charge on any atom is -0.207 e. The Kier molecular flexibility index (Phi) is 9.08. The Bertz CT molecular complexity index is 1620. The molecular formula is C31H19F11.